The molecule has 2 aromatic rings. The van der Waals surface area contributed by atoms with Crippen molar-refractivity contribution in [2.45, 2.75) is 26.2 Å². The van der Waals surface area contributed by atoms with E-state index >= 15 is 0 Å². The molecule has 0 spiro atoms. The molecule has 0 bridgehead atoms. The number of alkyl halides is 3. The summed E-state index contributed by atoms with van der Waals surface area (Å²) in [5, 5.41) is 0. The van der Waals surface area contributed by atoms with Crippen LogP contribution in [0.1, 0.15) is 23.9 Å². The highest BCUT2D eigenvalue weighted by molar-refractivity contribution is 5.73. The molecular weight excluding hydrogens is 345 g/mol. The van der Waals surface area contributed by atoms with Gasteiger partial charge in [-0.3, -0.25) is 4.79 Å². The smallest absolute Gasteiger partial charge is 0.334 e. The zero-order valence-corrected chi connectivity index (χ0v) is 15.1. The standard InChI is InChI=1S/C18H23F3N4O/c1-14(26)24(11-10-23(2)3)13-17-22-8-9-25(17)12-15-4-6-16(7-5-15)18(19,20)21/h4-9H,10-13H2,1-3H3. The van der Waals surface area contributed by atoms with E-state index in [1.54, 1.807) is 17.3 Å². The molecule has 0 unspecified atom stereocenters. The first-order valence-corrected chi connectivity index (χ1v) is 8.23. The summed E-state index contributed by atoms with van der Waals surface area (Å²) in [5.74, 6) is 0.648. The summed E-state index contributed by atoms with van der Waals surface area (Å²) in [6.45, 7) is 3.58. The summed E-state index contributed by atoms with van der Waals surface area (Å²) < 4.78 is 39.8. The number of aromatic nitrogens is 2. The Kier molecular flexibility index (Phi) is 6.42. The van der Waals surface area contributed by atoms with Crippen LogP contribution < -0.4 is 0 Å². The van der Waals surface area contributed by atoms with Crippen molar-refractivity contribution in [1.29, 1.82) is 0 Å². The number of hydrogen-bond acceptors (Lipinski definition) is 3. The molecule has 1 amide bonds. The number of carbonyl (C=O) groups excluding carboxylic acids is 1. The van der Waals surface area contributed by atoms with Gasteiger partial charge in [0.1, 0.15) is 5.82 Å². The highest BCUT2D eigenvalue weighted by atomic mass is 19.4. The Morgan fingerprint density at radius 2 is 1.81 bits per heavy atom. The van der Waals surface area contributed by atoms with E-state index in [9.17, 15) is 18.0 Å². The van der Waals surface area contributed by atoms with E-state index in [2.05, 4.69) is 4.98 Å². The molecule has 5 nitrogen and oxygen atoms in total. The van der Waals surface area contributed by atoms with Crippen LogP contribution in [0.5, 0.6) is 0 Å². The van der Waals surface area contributed by atoms with Gasteiger partial charge >= 0.3 is 6.18 Å². The summed E-state index contributed by atoms with van der Waals surface area (Å²) in [6.07, 6.45) is -0.950. The predicted molar refractivity (Wildman–Crippen MR) is 92.4 cm³/mol. The second-order valence-corrected chi connectivity index (χ2v) is 6.41. The van der Waals surface area contributed by atoms with E-state index < -0.39 is 11.7 Å². The van der Waals surface area contributed by atoms with E-state index in [0.717, 1.165) is 24.2 Å². The van der Waals surface area contributed by atoms with Crippen LogP contribution in [0.15, 0.2) is 36.7 Å². The Balaban J connectivity index is 2.08. The van der Waals surface area contributed by atoms with Crippen LogP contribution in [0.4, 0.5) is 13.2 Å². The summed E-state index contributed by atoms with van der Waals surface area (Å²) in [7, 11) is 3.87. The number of imidazole rings is 1. The molecule has 0 N–H and O–H groups in total. The van der Waals surface area contributed by atoms with Crippen molar-refractivity contribution in [3.63, 3.8) is 0 Å². The minimum Gasteiger partial charge on any atom is -0.334 e. The number of carbonyl (C=O) groups is 1. The molecule has 8 heteroatoms. The Bertz CT molecular complexity index is 723. The zero-order valence-electron chi connectivity index (χ0n) is 15.1. The highest BCUT2D eigenvalue weighted by Crippen LogP contribution is 2.29. The van der Waals surface area contributed by atoms with Gasteiger partial charge in [0.15, 0.2) is 0 Å². The van der Waals surface area contributed by atoms with Crippen molar-refractivity contribution in [1.82, 2.24) is 19.4 Å². The maximum atomic E-state index is 12.7. The molecule has 0 aliphatic heterocycles. The van der Waals surface area contributed by atoms with E-state index in [1.807, 2.05) is 23.6 Å². The summed E-state index contributed by atoms with van der Waals surface area (Å²) >= 11 is 0. The maximum Gasteiger partial charge on any atom is 0.416 e. The molecule has 0 aliphatic carbocycles. The molecule has 1 aromatic heterocycles. The van der Waals surface area contributed by atoms with Gasteiger partial charge in [0.05, 0.1) is 12.1 Å². The average molecular weight is 368 g/mol. The second kappa shape index (κ2) is 8.35. The topological polar surface area (TPSA) is 41.4 Å². The molecule has 0 atom stereocenters. The summed E-state index contributed by atoms with van der Waals surface area (Å²) in [6, 6.07) is 5.07. The molecule has 142 valence electrons. The fourth-order valence-electron chi connectivity index (χ4n) is 2.47. The zero-order chi connectivity index (χ0) is 19.3. The van der Waals surface area contributed by atoms with Crippen LogP contribution in [-0.4, -0.2) is 52.4 Å². The van der Waals surface area contributed by atoms with Crippen molar-refractivity contribution in [3.8, 4) is 0 Å². The van der Waals surface area contributed by atoms with Crippen LogP contribution in [0.3, 0.4) is 0 Å². The van der Waals surface area contributed by atoms with Gasteiger partial charge in [-0.05, 0) is 31.8 Å². The van der Waals surface area contributed by atoms with Crippen LogP contribution in [0, 0.1) is 0 Å². The van der Waals surface area contributed by atoms with Crippen LogP contribution >= 0.6 is 0 Å². The number of hydrogen-bond donors (Lipinski definition) is 0. The molecule has 0 fully saturated rings. The molecule has 1 aromatic carbocycles. The third-order valence-corrected chi connectivity index (χ3v) is 4.03. The van der Waals surface area contributed by atoms with Crippen molar-refractivity contribution < 1.29 is 18.0 Å². The van der Waals surface area contributed by atoms with Crippen molar-refractivity contribution >= 4 is 5.91 Å². The first kappa shape index (κ1) is 20.0. The molecule has 26 heavy (non-hydrogen) atoms. The number of nitrogens with zero attached hydrogens (tertiary/aromatic N) is 4. The minimum atomic E-state index is -4.34. The van der Waals surface area contributed by atoms with E-state index in [4.69, 9.17) is 0 Å². The monoisotopic (exact) mass is 368 g/mol. The van der Waals surface area contributed by atoms with E-state index in [1.165, 1.54) is 19.1 Å². The molecule has 0 saturated carbocycles. The Labute approximate surface area is 151 Å². The first-order valence-electron chi connectivity index (χ1n) is 8.23. The fraction of sp³-hybridized carbons (Fsp3) is 0.444. The highest BCUT2D eigenvalue weighted by Gasteiger charge is 2.29. The third-order valence-electron chi connectivity index (χ3n) is 4.03. The molecule has 0 saturated heterocycles. The molecular formula is C18H23F3N4O. The predicted octanol–water partition coefficient (Wildman–Crippen LogP) is 2.86. The summed E-state index contributed by atoms with van der Waals surface area (Å²) in [5.41, 5.74) is 0.0680. The number of amides is 1. The number of likely N-dealkylation sites (N-methyl/N-ethyl adjacent to an activating group) is 1. The van der Waals surface area contributed by atoms with Gasteiger partial charge in [-0.1, -0.05) is 12.1 Å². The quantitative estimate of drug-likeness (QED) is 0.755. The normalized spacial score (nSPS) is 11.8. The SMILES string of the molecule is CC(=O)N(CCN(C)C)Cc1nccn1Cc1ccc(C(F)(F)F)cc1. The lowest BCUT2D eigenvalue weighted by atomic mass is 10.1. The van der Waals surface area contributed by atoms with Crippen LogP contribution in [0.2, 0.25) is 0 Å². The Hall–Kier alpha value is -2.35. The maximum absolute atomic E-state index is 12.7. The van der Waals surface area contributed by atoms with Crippen molar-refractivity contribution in [2.75, 3.05) is 27.2 Å². The van der Waals surface area contributed by atoms with Gasteiger partial charge in [0.2, 0.25) is 5.91 Å². The molecule has 0 aliphatic rings. The summed E-state index contributed by atoms with van der Waals surface area (Å²) in [4.78, 5) is 19.8. The molecule has 1 heterocycles. The number of halogens is 3. The lowest BCUT2D eigenvalue weighted by molar-refractivity contribution is -0.137. The average Bonchev–Trinajstić information content (AvgIpc) is 2.97. The number of rotatable bonds is 7. The van der Waals surface area contributed by atoms with Gasteiger partial charge in [0, 0.05) is 39.0 Å². The lowest BCUT2D eigenvalue weighted by Gasteiger charge is -2.23. The minimum absolute atomic E-state index is 0.0454. The van der Waals surface area contributed by atoms with E-state index in [-0.39, 0.29) is 5.91 Å². The van der Waals surface area contributed by atoms with Gasteiger partial charge < -0.3 is 14.4 Å². The largest absolute Gasteiger partial charge is 0.416 e. The van der Waals surface area contributed by atoms with Crippen LogP contribution in [-0.2, 0) is 24.1 Å². The van der Waals surface area contributed by atoms with E-state index in [0.29, 0.717) is 25.5 Å². The van der Waals surface area contributed by atoms with Crippen LogP contribution in [0.25, 0.3) is 0 Å². The first-order chi connectivity index (χ1) is 12.2. The molecule has 2 rings (SSSR count). The Morgan fingerprint density at radius 3 is 2.35 bits per heavy atom. The van der Waals surface area contributed by atoms with Gasteiger partial charge in [-0.15, -0.1) is 0 Å². The third kappa shape index (κ3) is 5.59. The molecule has 0 radical (unpaired) electrons. The number of benzene rings is 1. The van der Waals surface area contributed by atoms with Gasteiger partial charge in [-0.25, -0.2) is 4.98 Å². The second-order valence-electron chi connectivity index (χ2n) is 6.41. The Morgan fingerprint density at radius 1 is 1.15 bits per heavy atom. The van der Waals surface area contributed by atoms with Gasteiger partial charge in [-0.2, -0.15) is 13.2 Å². The fourth-order valence-corrected chi connectivity index (χ4v) is 2.47. The van der Waals surface area contributed by atoms with Crippen molar-refractivity contribution in [2.24, 2.45) is 0 Å². The van der Waals surface area contributed by atoms with Gasteiger partial charge in [0.25, 0.3) is 0 Å². The van der Waals surface area contributed by atoms with Crippen molar-refractivity contribution in [3.05, 3.63) is 53.6 Å². The lowest BCUT2D eigenvalue weighted by Crippen LogP contribution is -2.35.